The minimum Gasteiger partial charge on any atom is -0.274 e. The maximum atomic E-state index is 13.2. The number of imidazole rings is 1. The van der Waals surface area contributed by atoms with E-state index < -0.39 is 0 Å². The number of rotatable bonds is 4. The molecule has 0 N–H and O–H groups in total. The molecule has 0 saturated heterocycles. The molecule has 0 amide bonds. The molecule has 3 nitrogen and oxygen atoms in total. The largest absolute Gasteiger partial charge is 0.274 e. The van der Waals surface area contributed by atoms with Crippen LogP contribution >= 0.6 is 35.0 Å². The van der Waals surface area contributed by atoms with E-state index in [-0.39, 0.29) is 27.6 Å². The van der Waals surface area contributed by atoms with E-state index in [0.717, 1.165) is 21.9 Å². The van der Waals surface area contributed by atoms with Gasteiger partial charge < -0.3 is 0 Å². The first-order chi connectivity index (χ1) is 10.9. The fourth-order valence-corrected chi connectivity index (χ4v) is 4.19. The van der Waals surface area contributed by atoms with Crippen LogP contribution in [0.2, 0.25) is 0 Å². The normalized spacial score (nSPS) is 22.1. The molecular formula is C17H18Cl2N2OS. The van der Waals surface area contributed by atoms with Crippen LogP contribution in [-0.4, -0.2) is 21.2 Å². The Kier molecular flexibility index (Phi) is 4.51. The monoisotopic (exact) mass is 368 g/mol. The van der Waals surface area contributed by atoms with Crippen LogP contribution in [-0.2, 0) is 0 Å². The van der Waals surface area contributed by atoms with Gasteiger partial charge in [-0.2, -0.15) is 0 Å². The minimum atomic E-state index is -0.147. The number of hydrogen-bond acceptors (Lipinski definition) is 3. The molecule has 6 heteroatoms. The van der Waals surface area contributed by atoms with Crippen molar-refractivity contribution < 1.29 is 4.79 Å². The number of halogens is 2. The summed E-state index contributed by atoms with van der Waals surface area (Å²) in [5.41, 5.74) is 1.56. The van der Waals surface area contributed by atoms with E-state index in [9.17, 15) is 4.79 Å². The molecule has 1 aliphatic carbocycles. The van der Waals surface area contributed by atoms with Crippen molar-refractivity contribution in [3.63, 3.8) is 0 Å². The topological polar surface area (TPSA) is 34.9 Å². The fourth-order valence-electron chi connectivity index (χ4n) is 3.18. The summed E-state index contributed by atoms with van der Waals surface area (Å²) in [5.74, 6) is 0.849. The van der Waals surface area contributed by atoms with Gasteiger partial charge in [-0.25, -0.2) is 4.98 Å². The second-order valence-electron chi connectivity index (χ2n) is 6.27. The second kappa shape index (κ2) is 6.15. The molecule has 1 heterocycles. The number of allylic oxidation sites excluding steroid dienone is 1. The average molecular weight is 369 g/mol. The van der Waals surface area contributed by atoms with Crippen LogP contribution < -0.4 is 0 Å². The molecule has 0 spiro atoms. The molecule has 0 bridgehead atoms. The third-order valence-corrected chi connectivity index (χ3v) is 5.58. The summed E-state index contributed by atoms with van der Waals surface area (Å²) in [5, 5.41) is 0.751. The lowest BCUT2D eigenvalue weighted by Gasteiger charge is -2.08. The van der Waals surface area contributed by atoms with Crippen molar-refractivity contribution in [2.24, 2.45) is 17.3 Å². The van der Waals surface area contributed by atoms with Gasteiger partial charge >= 0.3 is 0 Å². The van der Waals surface area contributed by atoms with Crippen LogP contribution in [0.3, 0.4) is 0 Å². The quantitative estimate of drug-likeness (QED) is 0.679. The summed E-state index contributed by atoms with van der Waals surface area (Å²) in [4.78, 5) is 17.8. The molecule has 2 atom stereocenters. The second-order valence-corrected chi connectivity index (χ2v) is 8.51. The molecule has 2 aromatic rings. The van der Waals surface area contributed by atoms with Gasteiger partial charge in [0.1, 0.15) is 4.49 Å². The molecule has 0 unspecified atom stereocenters. The molecule has 3 rings (SSSR count). The zero-order chi connectivity index (χ0) is 16.8. The van der Waals surface area contributed by atoms with Gasteiger partial charge in [-0.1, -0.05) is 67.9 Å². The van der Waals surface area contributed by atoms with Crippen molar-refractivity contribution in [2.45, 2.75) is 25.9 Å². The van der Waals surface area contributed by atoms with Crippen LogP contribution in [0.5, 0.6) is 0 Å². The lowest BCUT2D eigenvalue weighted by Crippen LogP contribution is -2.17. The van der Waals surface area contributed by atoms with Crippen LogP contribution in [0.4, 0.5) is 0 Å². The maximum Gasteiger partial charge on any atom is 0.237 e. The van der Waals surface area contributed by atoms with Gasteiger partial charge in [-0.15, -0.1) is 0 Å². The molecule has 1 aromatic heterocycles. The number of para-hydroxylation sites is 2. The SMILES string of the molecule is CCSc1nc2ccccc2n1C(=O)[C@H]1[C@H](C=C(Cl)Cl)C1(C)C. The van der Waals surface area contributed by atoms with Crippen LogP contribution in [0.15, 0.2) is 40.0 Å². The van der Waals surface area contributed by atoms with Crippen molar-refractivity contribution in [3.8, 4) is 0 Å². The standard InChI is InChI=1S/C17H18Cl2N2OS/c1-4-23-16-20-11-7-5-6-8-12(11)21(16)15(22)14-10(9-13(18)19)17(14,2)3/h5-10,14H,4H2,1-3H3/t10-,14+/m0/s1. The number of carbonyl (C=O) groups is 1. The van der Waals surface area contributed by atoms with Gasteiger partial charge in [0.05, 0.1) is 17.0 Å². The minimum absolute atomic E-state index is 0.0561. The van der Waals surface area contributed by atoms with Crippen molar-refractivity contribution >= 4 is 51.9 Å². The van der Waals surface area contributed by atoms with E-state index in [0.29, 0.717) is 0 Å². The Hall–Kier alpha value is -0.970. The van der Waals surface area contributed by atoms with E-state index in [2.05, 4.69) is 25.8 Å². The number of carbonyl (C=O) groups excluding carboxylic acids is 1. The van der Waals surface area contributed by atoms with Gasteiger partial charge in [-0.3, -0.25) is 9.36 Å². The Bertz CT molecular complexity index is 793. The Morgan fingerprint density at radius 1 is 1.39 bits per heavy atom. The maximum absolute atomic E-state index is 13.2. The molecule has 1 fully saturated rings. The van der Waals surface area contributed by atoms with Gasteiger partial charge in [0.2, 0.25) is 5.91 Å². The molecule has 1 saturated carbocycles. The third-order valence-electron chi connectivity index (χ3n) is 4.51. The van der Waals surface area contributed by atoms with Crippen LogP contribution in [0.1, 0.15) is 25.6 Å². The summed E-state index contributed by atoms with van der Waals surface area (Å²) < 4.78 is 1.98. The summed E-state index contributed by atoms with van der Waals surface area (Å²) >= 11 is 13.2. The molecule has 0 radical (unpaired) electrons. The zero-order valence-corrected chi connectivity index (χ0v) is 15.5. The first-order valence-corrected chi connectivity index (χ1v) is 9.29. The van der Waals surface area contributed by atoms with E-state index in [1.165, 1.54) is 0 Å². The van der Waals surface area contributed by atoms with Crippen molar-refractivity contribution in [1.82, 2.24) is 9.55 Å². The Labute approximate surface area is 150 Å². The molecular weight excluding hydrogens is 351 g/mol. The lowest BCUT2D eigenvalue weighted by molar-refractivity contribution is 0.0863. The van der Waals surface area contributed by atoms with E-state index in [1.54, 1.807) is 22.4 Å². The first kappa shape index (κ1) is 16.9. The van der Waals surface area contributed by atoms with Gasteiger partial charge in [0.15, 0.2) is 5.16 Å². The van der Waals surface area contributed by atoms with Crippen molar-refractivity contribution in [3.05, 3.63) is 34.8 Å². The van der Waals surface area contributed by atoms with Gasteiger partial charge in [-0.05, 0) is 35.3 Å². The first-order valence-electron chi connectivity index (χ1n) is 7.55. The van der Waals surface area contributed by atoms with E-state index in [4.69, 9.17) is 23.2 Å². The number of hydrogen-bond donors (Lipinski definition) is 0. The van der Waals surface area contributed by atoms with Gasteiger partial charge in [0.25, 0.3) is 0 Å². The average Bonchev–Trinajstić information content (AvgIpc) is 2.85. The number of benzene rings is 1. The number of thioether (sulfide) groups is 1. The predicted octanol–water partition coefficient (Wildman–Crippen LogP) is 5.38. The Morgan fingerprint density at radius 2 is 2.09 bits per heavy atom. The predicted molar refractivity (Wildman–Crippen MR) is 97.3 cm³/mol. The molecule has 0 aliphatic heterocycles. The lowest BCUT2D eigenvalue weighted by atomic mass is 10.1. The zero-order valence-electron chi connectivity index (χ0n) is 13.2. The van der Waals surface area contributed by atoms with E-state index in [1.807, 2.05) is 24.3 Å². The summed E-state index contributed by atoms with van der Waals surface area (Å²) in [6.45, 7) is 6.19. The Morgan fingerprint density at radius 3 is 2.74 bits per heavy atom. The fraction of sp³-hybridized carbons (Fsp3) is 0.412. The van der Waals surface area contributed by atoms with Gasteiger partial charge in [0, 0.05) is 0 Å². The third kappa shape index (κ3) is 2.92. The highest BCUT2D eigenvalue weighted by molar-refractivity contribution is 7.99. The van der Waals surface area contributed by atoms with E-state index >= 15 is 0 Å². The highest BCUT2D eigenvalue weighted by atomic mass is 35.5. The molecule has 1 aromatic carbocycles. The van der Waals surface area contributed by atoms with Crippen LogP contribution in [0, 0.1) is 17.3 Å². The molecule has 1 aliphatic rings. The number of nitrogens with zero attached hydrogens (tertiary/aromatic N) is 2. The van der Waals surface area contributed by atoms with Crippen molar-refractivity contribution in [1.29, 1.82) is 0 Å². The highest BCUT2D eigenvalue weighted by Crippen LogP contribution is 2.60. The van der Waals surface area contributed by atoms with Crippen LogP contribution in [0.25, 0.3) is 11.0 Å². The van der Waals surface area contributed by atoms with Crippen molar-refractivity contribution in [2.75, 3.05) is 5.75 Å². The smallest absolute Gasteiger partial charge is 0.237 e. The Balaban J connectivity index is 2.05. The molecule has 23 heavy (non-hydrogen) atoms. The summed E-state index contributed by atoms with van der Waals surface area (Å²) in [6, 6.07) is 7.74. The number of aromatic nitrogens is 2. The number of fused-ring (bicyclic) bond motifs is 1. The summed E-state index contributed by atoms with van der Waals surface area (Å²) in [7, 11) is 0. The summed E-state index contributed by atoms with van der Waals surface area (Å²) in [6.07, 6.45) is 1.78. The highest BCUT2D eigenvalue weighted by Gasteiger charge is 2.61. The molecule has 122 valence electrons.